The summed E-state index contributed by atoms with van der Waals surface area (Å²) >= 11 is 6.29. The summed E-state index contributed by atoms with van der Waals surface area (Å²) in [5.41, 5.74) is 2.24. The maximum Gasteiger partial charge on any atom is 0.354 e. The lowest BCUT2D eigenvalue weighted by Gasteiger charge is -2.23. The van der Waals surface area contributed by atoms with E-state index in [9.17, 15) is 9.90 Å². The molecule has 1 aromatic carbocycles. The van der Waals surface area contributed by atoms with Crippen molar-refractivity contribution in [3.05, 3.63) is 51.7 Å². The number of nitrogens with one attached hydrogen (secondary N) is 1. The van der Waals surface area contributed by atoms with Crippen LogP contribution in [0.15, 0.2) is 35.3 Å². The summed E-state index contributed by atoms with van der Waals surface area (Å²) in [6, 6.07) is 7.08. The molecule has 4 rings (SSSR count). The van der Waals surface area contributed by atoms with Crippen molar-refractivity contribution < 1.29 is 5.11 Å². The molecule has 1 unspecified atom stereocenters. The molecule has 2 aromatic heterocycles. The Balaban J connectivity index is 2.18. The zero-order valence-electron chi connectivity index (χ0n) is 13.7. The van der Waals surface area contributed by atoms with Crippen molar-refractivity contribution in [1.29, 1.82) is 0 Å². The van der Waals surface area contributed by atoms with Crippen molar-refractivity contribution in [3.8, 4) is 5.69 Å². The van der Waals surface area contributed by atoms with Crippen LogP contribution >= 0.6 is 11.6 Å². The Kier molecular flexibility index (Phi) is 3.63. The molecule has 128 valence electrons. The molecule has 0 aliphatic carbocycles. The standard InChI is InChI=1S/C17H16ClN5O2/c1-9-12(4-3-5-19-9)23-13-7-10(18)6-11-15(13)16(21-17(23)25)22(2)14(24)8-20-11/h3-7,14,20,24H,8H2,1-2H3. The van der Waals surface area contributed by atoms with E-state index in [1.807, 2.05) is 13.0 Å². The number of likely N-dealkylation sites (N-methyl/N-ethyl adjacent to an activating group) is 1. The van der Waals surface area contributed by atoms with Crippen LogP contribution < -0.4 is 15.9 Å². The van der Waals surface area contributed by atoms with Crippen LogP contribution in [0.5, 0.6) is 0 Å². The van der Waals surface area contributed by atoms with Gasteiger partial charge in [-0.25, -0.2) is 4.79 Å². The average Bonchev–Trinajstić information content (AvgIpc) is 2.69. The summed E-state index contributed by atoms with van der Waals surface area (Å²) in [5.74, 6) is 0.418. The molecule has 3 heterocycles. The third-order valence-corrected chi connectivity index (χ3v) is 4.63. The molecule has 0 radical (unpaired) electrons. The van der Waals surface area contributed by atoms with Crippen molar-refractivity contribution in [3.63, 3.8) is 0 Å². The number of pyridine rings is 1. The van der Waals surface area contributed by atoms with Gasteiger partial charge in [0.25, 0.3) is 0 Å². The predicted octanol–water partition coefficient (Wildman–Crippen LogP) is 1.92. The normalized spacial score (nSPS) is 16.6. The molecule has 3 aromatic rings. The lowest BCUT2D eigenvalue weighted by atomic mass is 10.1. The first-order valence-corrected chi connectivity index (χ1v) is 8.18. The molecule has 1 aliphatic rings. The second kappa shape index (κ2) is 5.72. The Hall–Kier alpha value is -2.64. The van der Waals surface area contributed by atoms with Gasteiger partial charge in [0.15, 0.2) is 0 Å². The summed E-state index contributed by atoms with van der Waals surface area (Å²) in [4.78, 5) is 22.9. The molecule has 1 atom stereocenters. The maximum atomic E-state index is 12.8. The smallest absolute Gasteiger partial charge is 0.354 e. The minimum Gasteiger partial charge on any atom is -0.380 e. The van der Waals surface area contributed by atoms with Crippen LogP contribution in [0.2, 0.25) is 5.02 Å². The molecule has 7 nitrogen and oxygen atoms in total. The van der Waals surface area contributed by atoms with Gasteiger partial charge in [0, 0.05) is 24.0 Å². The number of aliphatic hydroxyl groups excluding tert-OH is 1. The molecule has 0 amide bonds. The maximum absolute atomic E-state index is 12.8. The zero-order valence-corrected chi connectivity index (χ0v) is 14.4. The Morgan fingerprint density at radius 1 is 1.40 bits per heavy atom. The third-order valence-electron chi connectivity index (χ3n) is 4.42. The Labute approximate surface area is 148 Å². The van der Waals surface area contributed by atoms with Gasteiger partial charge in [0.05, 0.1) is 28.8 Å². The molecule has 0 saturated heterocycles. The summed E-state index contributed by atoms with van der Waals surface area (Å²) in [6.45, 7) is 2.13. The molecular formula is C17H16ClN5O2. The van der Waals surface area contributed by atoms with E-state index in [0.29, 0.717) is 34.3 Å². The van der Waals surface area contributed by atoms with Crippen LogP contribution in [-0.4, -0.2) is 39.5 Å². The summed E-state index contributed by atoms with van der Waals surface area (Å²) in [5, 5.41) is 14.6. The molecule has 1 aliphatic heterocycles. The van der Waals surface area contributed by atoms with Gasteiger partial charge in [-0.2, -0.15) is 4.98 Å². The summed E-state index contributed by atoms with van der Waals surface area (Å²) in [7, 11) is 1.71. The number of β-amino-alcohol motifs (C(OH)–C–C–N with tert-alkyl or cyclic N) is 1. The highest BCUT2D eigenvalue weighted by Gasteiger charge is 2.25. The van der Waals surface area contributed by atoms with Crippen molar-refractivity contribution in [2.45, 2.75) is 13.2 Å². The Morgan fingerprint density at radius 2 is 2.20 bits per heavy atom. The van der Waals surface area contributed by atoms with E-state index in [1.54, 1.807) is 36.3 Å². The van der Waals surface area contributed by atoms with Crippen LogP contribution in [0.3, 0.4) is 0 Å². The fraction of sp³-hybridized carbons (Fsp3) is 0.235. The van der Waals surface area contributed by atoms with Gasteiger partial charge < -0.3 is 15.3 Å². The van der Waals surface area contributed by atoms with Gasteiger partial charge in [0.1, 0.15) is 12.0 Å². The molecule has 2 N–H and O–H groups in total. The minimum atomic E-state index is -0.808. The van der Waals surface area contributed by atoms with Crippen molar-refractivity contribution in [2.24, 2.45) is 0 Å². The molecule has 0 saturated carbocycles. The highest BCUT2D eigenvalue weighted by molar-refractivity contribution is 6.32. The first-order chi connectivity index (χ1) is 12.0. The van der Waals surface area contributed by atoms with Crippen LogP contribution in [0.25, 0.3) is 16.6 Å². The highest BCUT2D eigenvalue weighted by atomic mass is 35.5. The van der Waals surface area contributed by atoms with E-state index >= 15 is 0 Å². The van der Waals surface area contributed by atoms with Gasteiger partial charge in [0.2, 0.25) is 0 Å². The van der Waals surface area contributed by atoms with Crippen LogP contribution in [0.4, 0.5) is 11.5 Å². The van der Waals surface area contributed by atoms with Crippen molar-refractivity contribution >= 4 is 34.0 Å². The lowest BCUT2D eigenvalue weighted by Crippen LogP contribution is -2.37. The molecule has 0 fully saturated rings. The van der Waals surface area contributed by atoms with Gasteiger partial charge >= 0.3 is 5.69 Å². The van der Waals surface area contributed by atoms with Crippen LogP contribution in [-0.2, 0) is 0 Å². The number of rotatable bonds is 1. The summed E-state index contributed by atoms with van der Waals surface area (Å²) < 4.78 is 1.50. The lowest BCUT2D eigenvalue weighted by molar-refractivity contribution is 0.188. The molecule has 0 spiro atoms. The molecule has 25 heavy (non-hydrogen) atoms. The van der Waals surface area contributed by atoms with E-state index in [2.05, 4.69) is 15.3 Å². The zero-order chi connectivity index (χ0) is 17.7. The van der Waals surface area contributed by atoms with E-state index in [4.69, 9.17) is 11.6 Å². The molecular weight excluding hydrogens is 342 g/mol. The van der Waals surface area contributed by atoms with Crippen LogP contribution in [0, 0.1) is 6.92 Å². The quantitative estimate of drug-likeness (QED) is 0.692. The fourth-order valence-corrected chi connectivity index (χ4v) is 3.33. The van der Waals surface area contributed by atoms with Gasteiger partial charge in [-0.1, -0.05) is 11.6 Å². The predicted molar refractivity (Wildman–Crippen MR) is 97.8 cm³/mol. The third kappa shape index (κ3) is 2.43. The van der Waals surface area contributed by atoms with Crippen molar-refractivity contribution in [2.75, 3.05) is 23.8 Å². The number of hydrogen-bond acceptors (Lipinski definition) is 6. The monoisotopic (exact) mass is 357 g/mol. The number of aliphatic hydroxyl groups is 1. The summed E-state index contributed by atoms with van der Waals surface area (Å²) in [6.07, 6.45) is 0.865. The van der Waals surface area contributed by atoms with E-state index in [0.717, 1.165) is 11.1 Å². The first-order valence-electron chi connectivity index (χ1n) is 7.80. The number of nitrogens with zero attached hydrogens (tertiary/aromatic N) is 4. The van der Waals surface area contributed by atoms with E-state index in [-0.39, 0.29) is 0 Å². The van der Waals surface area contributed by atoms with Gasteiger partial charge in [-0.05, 0) is 31.2 Å². The number of aryl methyl sites for hydroxylation is 1. The van der Waals surface area contributed by atoms with Crippen LogP contribution in [0.1, 0.15) is 5.69 Å². The van der Waals surface area contributed by atoms with E-state index in [1.165, 1.54) is 4.57 Å². The number of hydrogen-bond donors (Lipinski definition) is 2. The SMILES string of the molecule is Cc1ncccc1-n1c(=O)nc2c3c(cc(Cl)cc31)NCC(O)N2C. The van der Waals surface area contributed by atoms with E-state index < -0.39 is 11.9 Å². The van der Waals surface area contributed by atoms with Crippen molar-refractivity contribution in [1.82, 2.24) is 14.5 Å². The number of benzene rings is 1. The Morgan fingerprint density at radius 3 is 2.96 bits per heavy atom. The molecule has 0 bridgehead atoms. The second-order valence-electron chi connectivity index (χ2n) is 5.98. The minimum absolute atomic E-state index is 0.294. The second-order valence-corrected chi connectivity index (χ2v) is 6.42. The number of halogens is 1. The van der Waals surface area contributed by atoms with Gasteiger partial charge in [-0.3, -0.25) is 9.55 Å². The topological polar surface area (TPSA) is 83.3 Å². The van der Waals surface area contributed by atoms with Gasteiger partial charge in [-0.15, -0.1) is 0 Å². The number of aromatic nitrogens is 3. The Bertz CT molecular complexity index is 1050. The highest BCUT2D eigenvalue weighted by Crippen LogP contribution is 2.36. The molecule has 8 heteroatoms. The average molecular weight is 358 g/mol. The largest absolute Gasteiger partial charge is 0.380 e. The first kappa shape index (κ1) is 15.9. The fourth-order valence-electron chi connectivity index (χ4n) is 3.12. The number of anilines is 2.